The molecule has 0 aromatic heterocycles. The highest BCUT2D eigenvalue weighted by Crippen LogP contribution is 2.57. The first-order valence-corrected chi connectivity index (χ1v) is 14.5. The van der Waals surface area contributed by atoms with Crippen molar-refractivity contribution in [3.63, 3.8) is 0 Å². The minimum Gasteiger partial charge on any atom is -0.318 e. The molecular formula is C37H42N2. The molecule has 0 amide bonds. The molecule has 2 heteroatoms. The minimum atomic E-state index is 0.427. The van der Waals surface area contributed by atoms with Gasteiger partial charge in [0, 0.05) is 57.8 Å². The first kappa shape index (κ1) is 25.7. The molecule has 2 nitrogen and oxygen atoms in total. The Hall–Kier alpha value is -3.52. The highest BCUT2D eigenvalue weighted by molar-refractivity contribution is 5.64. The van der Waals surface area contributed by atoms with Crippen molar-refractivity contribution in [2.45, 2.75) is 33.1 Å². The quantitative estimate of drug-likeness (QED) is 0.355. The maximum absolute atomic E-state index is 4.51. The van der Waals surface area contributed by atoms with Crippen LogP contribution in [-0.2, 0) is 6.42 Å². The van der Waals surface area contributed by atoms with Crippen LogP contribution in [0.15, 0.2) is 123 Å². The third-order valence-corrected chi connectivity index (χ3v) is 10.3. The number of anilines is 2. The normalized spacial score (nSPS) is 33.6. The molecule has 2 saturated carbocycles. The second-order valence-electron chi connectivity index (χ2n) is 12.5. The molecular weight excluding hydrogens is 472 g/mol. The van der Waals surface area contributed by atoms with Crippen molar-refractivity contribution in [3.05, 3.63) is 134 Å². The van der Waals surface area contributed by atoms with E-state index in [2.05, 4.69) is 124 Å². The van der Waals surface area contributed by atoms with E-state index in [-0.39, 0.29) is 0 Å². The highest BCUT2D eigenvalue weighted by atomic mass is 15.2. The molecule has 0 radical (unpaired) electrons. The third kappa shape index (κ3) is 3.91. The van der Waals surface area contributed by atoms with Gasteiger partial charge in [-0.3, -0.25) is 0 Å². The minimum absolute atomic E-state index is 0.427. The van der Waals surface area contributed by atoms with Gasteiger partial charge in [-0.15, -0.1) is 13.2 Å². The fourth-order valence-electron chi connectivity index (χ4n) is 8.54. The van der Waals surface area contributed by atoms with Gasteiger partial charge in [0.25, 0.3) is 0 Å². The number of hydrogen-bond acceptors (Lipinski definition) is 2. The zero-order valence-electron chi connectivity index (χ0n) is 23.7. The van der Waals surface area contributed by atoms with Gasteiger partial charge in [-0.1, -0.05) is 76.6 Å². The summed E-state index contributed by atoms with van der Waals surface area (Å²) in [7, 11) is 0. The highest BCUT2D eigenvalue weighted by Gasteiger charge is 2.51. The van der Waals surface area contributed by atoms with Crippen LogP contribution in [0, 0.1) is 47.3 Å². The van der Waals surface area contributed by atoms with Crippen molar-refractivity contribution in [2.24, 2.45) is 47.3 Å². The summed E-state index contributed by atoms with van der Waals surface area (Å²) in [6.45, 7) is 30.9. The van der Waals surface area contributed by atoms with Crippen molar-refractivity contribution < 1.29 is 0 Å². The van der Waals surface area contributed by atoms with E-state index in [1.54, 1.807) is 0 Å². The molecule has 2 aliphatic carbocycles. The van der Waals surface area contributed by atoms with Crippen molar-refractivity contribution >= 4 is 11.4 Å². The van der Waals surface area contributed by atoms with Crippen LogP contribution in [0.1, 0.15) is 37.8 Å². The van der Waals surface area contributed by atoms with Crippen LogP contribution in [0.2, 0.25) is 0 Å². The molecule has 2 aliphatic heterocycles. The summed E-state index contributed by atoms with van der Waals surface area (Å²) in [6, 6.07) is 17.9. The van der Waals surface area contributed by atoms with Gasteiger partial charge in [0.05, 0.1) is 0 Å². The van der Waals surface area contributed by atoms with Crippen LogP contribution in [0.4, 0.5) is 11.4 Å². The van der Waals surface area contributed by atoms with Gasteiger partial charge in [-0.05, 0) is 78.3 Å². The second-order valence-corrected chi connectivity index (χ2v) is 12.5. The van der Waals surface area contributed by atoms with Crippen molar-refractivity contribution in [2.75, 3.05) is 9.80 Å². The van der Waals surface area contributed by atoms with E-state index >= 15 is 0 Å². The van der Waals surface area contributed by atoms with Crippen LogP contribution in [-0.4, -0.2) is 0 Å². The monoisotopic (exact) mass is 514 g/mol. The Labute approximate surface area is 235 Å². The van der Waals surface area contributed by atoms with Crippen LogP contribution in [0.25, 0.3) is 0 Å². The largest absolute Gasteiger partial charge is 0.318 e. The van der Waals surface area contributed by atoms with Gasteiger partial charge in [0.15, 0.2) is 0 Å². The summed E-state index contributed by atoms with van der Waals surface area (Å²) in [5.74, 6) is 3.98. The Morgan fingerprint density at radius 3 is 1.26 bits per heavy atom. The average molecular weight is 515 g/mol. The van der Waals surface area contributed by atoms with Gasteiger partial charge in [-0.2, -0.15) is 0 Å². The van der Waals surface area contributed by atoms with Crippen LogP contribution >= 0.6 is 0 Å². The first-order valence-electron chi connectivity index (χ1n) is 14.5. The standard InChI is InChI=1S/C37H42N2/c1-9-30-19-22(3)34-24(5)38(26(7)36(30)34)32-15-11-28(12-16-32)21-29-13-17-33(18-14-29)39-25(6)35-23(4)20-31(10-2)37(35)27(39)8/h9-18,22-23,30-31,34-37H,1-2,5-8,19-21H2,3-4H3. The SMILES string of the molecule is C=CC1CC(C)C2C(=C)N(c3ccc(Cc4ccc(N5C(=C)C6C(C)CC(C=C)C6C5=C)cc4)cc3)C(=C)C12. The molecule has 6 rings (SSSR count). The molecule has 2 aromatic rings. The molecule has 4 aliphatic rings. The Kier molecular flexibility index (Phi) is 6.33. The molecule has 4 fully saturated rings. The molecule has 2 saturated heterocycles. The lowest BCUT2D eigenvalue weighted by molar-refractivity contribution is 0.445. The smallest absolute Gasteiger partial charge is 0.0455 e. The van der Waals surface area contributed by atoms with E-state index in [0.29, 0.717) is 47.3 Å². The molecule has 39 heavy (non-hydrogen) atoms. The number of hydrogen-bond donors (Lipinski definition) is 0. The maximum atomic E-state index is 4.51. The lowest BCUT2D eigenvalue weighted by Gasteiger charge is -2.26. The topological polar surface area (TPSA) is 6.48 Å². The summed E-state index contributed by atoms with van der Waals surface area (Å²) >= 11 is 0. The Balaban J connectivity index is 1.15. The van der Waals surface area contributed by atoms with E-state index < -0.39 is 0 Å². The van der Waals surface area contributed by atoms with E-state index in [4.69, 9.17) is 0 Å². The van der Waals surface area contributed by atoms with E-state index in [0.717, 1.165) is 17.8 Å². The summed E-state index contributed by atoms with van der Waals surface area (Å²) in [5, 5.41) is 0. The second kappa shape index (κ2) is 9.59. The van der Waals surface area contributed by atoms with E-state index in [1.807, 2.05) is 0 Å². The van der Waals surface area contributed by atoms with E-state index in [9.17, 15) is 0 Å². The molecule has 0 spiro atoms. The maximum Gasteiger partial charge on any atom is 0.0455 e. The third-order valence-electron chi connectivity index (χ3n) is 10.3. The zero-order chi connectivity index (χ0) is 27.6. The lowest BCUT2D eigenvalue weighted by atomic mass is 9.88. The van der Waals surface area contributed by atoms with Gasteiger partial charge in [0.2, 0.25) is 0 Å². The molecule has 0 N–H and O–H groups in total. The molecule has 0 bridgehead atoms. The number of fused-ring (bicyclic) bond motifs is 2. The Bertz CT molecular complexity index is 1250. The van der Waals surface area contributed by atoms with Crippen LogP contribution in [0.5, 0.6) is 0 Å². The fourth-order valence-corrected chi connectivity index (χ4v) is 8.54. The predicted octanol–water partition coefficient (Wildman–Crippen LogP) is 9.12. The molecule has 200 valence electrons. The van der Waals surface area contributed by atoms with Gasteiger partial charge >= 0.3 is 0 Å². The number of nitrogens with zero attached hydrogens (tertiary/aromatic N) is 2. The zero-order valence-corrected chi connectivity index (χ0v) is 23.7. The number of allylic oxidation sites excluding steroid dienone is 6. The lowest BCUT2D eigenvalue weighted by Crippen LogP contribution is -2.18. The average Bonchev–Trinajstić information content (AvgIpc) is 3.61. The number of rotatable bonds is 6. The molecule has 8 atom stereocenters. The molecule has 8 unspecified atom stereocenters. The van der Waals surface area contributed by atoms with Gasteiger partial charge in [0.1, 0.15) is 0 Å². The van der Waals surface area contributed by atoms with Crippen molar-refractivity contribution in [1.82, 2.24) is 0 Å². The van der Waals surface area contributed by atoms with Gasteiger partial charge < -0.3 is 9.80 Å². The summed E-state index contributed by atoms with van der Waals surface area (Å²) in [5.41, 5.74) is 9.64. The summed E-state index contributed by atoms with van der Waals surface area (Å²) < 4.78 is 0. The summed E-state index contributed by atoms with van der Waals surface area (Å²) in [6.07, 6.45) is 7.50. The summed E-state index contributed by atoms with van der Waals surface area (Å²) in [4.78, 5) is 4.59. The first-order chi connectivity index (χ1) is 18.7. The number of benzene rings is 2. The Morgan fingerprint density at radius 1 is 0.590 bits per heavy atom. The fraction of sp³-hybridized carbons (Fsp3) is 0.351. The molecule has 2 heterocycles. The van der Waals surface area contributed by atoms with Gasteiger partial charge in [-0.25, -0.2) is 0 Å². The Morgan fingerprint density at radius 2 is 0.923 bits per heavy atom. The van der Waals surface area contributed by atoms with Crippen molar-refractivity contribution in [3.8, 4) is 0 Å². The molecule has 2 aromatic carbocycles. The van der Waals surface area contributed by atoms with Crippen LogP contribution in [0.3, 0.4) is 0 Å². The van der Waals surface area contributed by atoms with Crippen LogP contribution < -0.4 is 9.80 Å². The predicted molar refractivity (Wildman–Crippen MR) is 166 cm³/mol. The van der Waals surface area contributed by atoms with Crippen molar-refractivity contribution in [1.29, 1.82) is 0 Å². The van der Waals surface area contributed by atoms with E-state index in [1.165, 1.54) is 46.8 Å².